The van der Waals surface area contributed by atoms with Gasteiger partial charge in [0.1, 0.15) is 22.7 Å². The van der Waals surface area contributed by atoms with E-state index in [1.807, 2.05) is 149 Å². The third kappa shape index (κ3) is 25.3. The molecule has 0 aliphatic heterocycles. The number of allylic oxidation sites excluding steroid dienone is 1. The van der Waals surface area contributed by atoms with Gasteiger partial charge >= 0.3 is 29.1 Å². The van der Waals surface area contributed by atoms with Gasteiger partial charge in [-0.2, -0.15) is 0 Å². The third-order valence-electron chi connectivity index (χ3n) is 11.7. The molecular formula is C60H86O11PtSi4. The Kier molecular flexibility index (Phi) is 32.5. The third-order valence-corrected chi connectivity index (χ3v) is 22.5. The van der Waals surface area contributed by atoms with Crippen molar-refractivity contribution in [2.75, 3.05) is 39.6 Å². The van der Waals surface area contributed by atoms with Crippen LogP contribution in [-0.4, -0.2) is 74.1 Å². The minimum absolute atomic E-state index is 0. The number of hydrogen-bond donors (Lipinski definition) is 0. The van der Waals surface area contributed by atoms with Crippen molar-refractivity contribution in [2.45, 2.75) is 118 Å². The summed E-state index contributed by atoms with van der Waals surface area (Å²) in [5, 5.41) is 1.76. The van der Waals surface area contributed by atoms with E-state index in [9.17, 15) is 9.59 Å². The number of fused-ring (bicyclic) bond motifs is 2. The van der Waals surface area contributed by atoms with E-state index in [1.165, 1.54) is 0 Å². The summed E-state index contributed by atoms with van der Waals surface area (Å²) >= 11 is 0. The summed E-state index contributed by atoms with van der Waals surface area (Å²) in [5.41, 5.74) is 7.19. The van der Waals surface area contributed by atoms with Gasteiger partial charge in [-0.25, -0.2) is 9.59 Å². The number of hydrogen-bond acceptors (Lipinski definition) is 11. The van der Waals surface area contributed by atoms with Gasteiger partial charge in [0.05, 0.1) is 24.3 Å². The molecule has 76 heavy (non-hydrogen) atoms. The number of benzene rings is 4. The Bertz CT molecular complexity index is 2680. The van der Waals surface area contributed by atoms with E-state index in [1.54, 1.807) is 12.1 Å². The van der Waals surface area contributed by atoms with Crippen LogP contribution < -0.4 is 20.7 Å². The molecule has 0 unspecified atom stereocenters. The maximum Gasteiger partial charge on any atom is 0.344 e. The van der Waals surface area contributed by atoms with Gasteiger partial charge in [0.2, 0.25) is 0 Å². The Labute approximate surface area is 473 Å². The summed E-state index contributed by atoms with van der Waals surface area (Å²) in [6, 6.07) is 35.1. The SMILES string of the molecule is C=CCCCCOc1ccc2cc(-c3ccccc3)c(=O)oc2c1.C=C[Si](C)(C)O[Si](C)(C)C=C.CCO[SiH](C)OCC.CCO[Si](C)(CCCCCCOc1ccc2cc(-c3ccccc3)c(=O)oc2c1)OCC.[Pt]. The molecule has 0 bridgehead atoms. The summed E-state index contributed by atoms with van der Waals surface area (Å²) in [5.74, 6) is 1.44. The van der Waals surface area contributed by atoms with Gasteiger partial charge in [0, 0.05) is 70.4 Å². The largest absolute Gasteiger partial charge is 0.493 e. The minimum Gasteiger partial charge on any atom is -0.493 e. The second kappa shape index (κ2) is 36.5. The van der Waals surface area contributed by atoms with E-state index in [2.05, 4.69) is 52.5 Å². The molecule has 418 valence electrons. The molecule has 0 saturated carbocycles. The van der Waals surface area contributed by atoms with Gasteiger partial charge in [-0.1, -0.05) is 97.4 Å². The molecule has 11 nitrogen and oxygen atoms in total. The van der Waals surface area contributed by atoms with Crippen LogP contribution in [0.15, 0.2) is 165 Å². The molecule has 4 aromatic carbocycles. The van der Waals surface area contributed by atoms with Gasteiger partial charge in [-0.05, 0) is 146 Å². The molecule has 0 aliphatic rings. The van der Waals surface area contributed by atoms with Crippen LogP contribution in [-0.2, 0) is 42.9 Å². The van der Waals surface area contributed by atoms with Gasteiger partial charge in [-0.15, -0.1) is 19.7 Å². The normalized spacial score (nSPS) is 11.2. The van der Waals surface area contributed by atoms with Crippen LogP contribution >= 0.6 is 0 Å². The summed E-state index contributed by atoms with van der Waals surface area (Å²) in [6.07, 6.45) is 9.29. The number of unbranched alkanes of at least 4 members (excludes halogenated alkanes) is 5. The molecule has 0 spiro atoms. The van der Waals surface area contributed by atoms with E-state index in [0.717, 1.165) is 111 Å². The predicted octanol–water partition coefficient (Wildman–Crippen LogP) is 15.5. The quantitative estimate of drug-likeness (QED) is 0.0202. The first-order valence-corrected chi connectivity index (χ1v) is 37.2. The minimum atomic E-state index is -1.99. The van der Waals surface area contributed by atoms with Crippen LogP contribution in [0, 0.1) is 0 Å². The molecule has 0 saturated heterocycles. The molecule has 0 atom stereocenters. The van der Waals surface area contributed by atoms with E-state index >= 15 is 0 Å². The number of ether oxygens (including phenoxy) is 2. The topological polar surface area (TPSA) is 125 Å². The maximum absolute atomic E-state index is 12.4. The van der Waals surface area contributed by atoms with Crippen LogP contribution in [0.25, 0.3) is 44.2 Å². The summed E-state index contributed by atoms with van der Waals surface area (Å²) in [6.45, 7) is 36.4. The molecule has 0 radical (unpaired) electrons. The molecule has 0 aliphatic carbocycles. The first-order chi connectivity index (χ1) is 36.0. The summed E-state index contributed by atoms with van der Waals surface area (Å²) in [7, 11) is -6.36. The average Bonchev–Trinajstić information content (AvgIpc) is 3.39. The fourth-order valence-electron chi connectivity index (χ4n) is 7.75. The maximum atomic E-state index is 12.4. The average molecular weight is 1290 g/mol. The van der Waals surface area contributed by atoms with Gasteiger partial charge < -0.3 is 40.1 Å². The van der Waals surface area contributed by atoms with Crippen molar-refractivity contribution in [1.29, 1.82) is 0 Å². The molecule has 0 fully saturated rings. The molecule has 0 amide bonds. The molecular weight excluding hydrogens is 1200 g/mol. The van der Waals surface area contributed by atoms with Crippen molar-refractivity contribution < 1.29 is 61.2 Å². The fraction of sp³-hybridized carbons (Fsp3) is 0.400. The van der Waals surface area contributed by atoms with Crippen molar-refractivity contribution in [3.8, 4) is 33.8 Å². The monoisotopic (exact) mass is 1290 g/mol. The van der Waals surface area contributed by atoms with Crippen LogP contribution in [0.1, 0.15) is 72.6 Å². The first-order valence-electron chi connectivity index (χ1n) is 26.6. The predicted molar refractivity (Wildman–Crippen MR) is 322 cm³/mol. The van der Waals surface area contributed by atoms with Crippen molar-refractivity contribution in [3.05, 3.63) is 167 Å². The zero-order chi connectivity index (χ0) is 55.1. The first kappa shape index (κ1) is 67.6. The van der Waals surface area contributed by atoms with E-state index in [-0.39, 0.29) is 32.3 Å². The van der Waals surface area contributed by atoms with E-state index < -0.39 is 34.5 Å². The Morgan fingerprint density at radius 2 is 0.961 bits per heavy atom. The molecule has 0 N–H and O–H groups in total. The molecule has 2 aromatic heterocycles. The van der Waals surface area contributed by atoms with Crippen LogP contribution in [0.4, 0.5) is 0 Å². The van der Waals surface area contributed by atoms with Gasteiger partial charge in [0.15, 0.2) is 16.6 Å². The molecule has 16 heteroatoms. The Morgan fingerprint density at radius 3 is 1.36 bits per heavy atom. The number of rotatable bonds is 28. The van der Waals surface area contributed by atoms with Gasteiger partial charge in [-0.3, -0.25) is 0 Å². The molecule has 6 aromatic rings. The fourth-order valence-corrected chi connectivity index (χ4v) is 17.4. The summed E-state index contributed by atoms with van der Waals surface area (Å²) in [4.78, 5) is 24.7. The zero-order valence-corrected chi connectivity index (χ0v) is 53.5. The Hall–Kier alpha value is -4.52. The molecule has 6 rings (SSSR count). The van der Waals surface area contributed by atoms with E-state index in [0.29, 0.717) is 35.5 Å². The standard InChI is InChI=1S/C26H34O5Si.C21H20O3.C8H18OSi2.C5H14O2Si.Pt/c1-4-29-32(3,30-5-2)18-12-7-6-11-17-28-23-16-15-22-19-24(21-13-9-8-10-14-21)26(27)31-25(22)20-23;1-2-3-4-8-13-23-18-12-11-17-14-19(16-9-6-5-7-10-16)21(22)24-20(17)15-18;1-7-10(3,4)9-11(5,6)8-2;1-4-6-8(3)7-5-2;/h8-10,13-16,19-20H,4-7,11-12,17-18H2,1-3H3;2,5-7,9-12,14-15H,1,3-4,8,13H2;7-8H,1-2H2,3-6H3;8H,4-5H2,1-3H3;. The van der Waals surface area contributed by atoms with Crippen molar-refractivity contribution in [2.24, 2.45) is 0 Å². The second-order valence-electron chi connectivity index (χ2n) is 18.9. The van der Waals surface area contributed by atoms with Crippen molar-refractivity contribution in [3.63, 3.8) is 0 Å². The Balaban J connectivity index is 0.000000393. The van der Waals surface area contributed by atoms with Crippen LogP contribution in [0.5, 0.6) is 11.5 Å². The van der Waals surface area contributed by atoms with E-state index in [4.69, 9.17) is 40.1 Å². The smallest absolute Gasteiger partial charge is 0.344 e. The van der Waals surface area contributed by atoms with Crippen molar-refractivity contribution in [1.82, 2.24) is 0 Å². The zero-order valence-electron chi connectivity index (χ0n) is 47.0. The van der Waals surface area contributed by atoms with Crippen molar-refractivity contribution >= 4 is 56.4 Å². The second-order valence-corrected chi connectivity index (χ2v) is 32.1. The summed E-state index contributed by atoms with van der Waals surface area (Å²) < 4.78 is 50.8. The van der Waals surface area contributed by atoms with Gasteiger partial charge in [0.25, 0.3) is 0 Å². The van der Waals surface area contributed by atoms with Crippen LogP contribution in [0.2, 0.25) is 45.3 Å². The molecule has 2 heterocycles. The van der Waals surface area contributed by atoms with Crippen LogP contribution in [0.3, 0.4) is 0 Å². The Morgan fingerprint density at radius 1 is 0.539 bits per heavy atom.